The van der Waals surface area contributed by atoms with Crippen molar-refractivity contribution in [1.82, 2.24) is 4.98 Å². The maximum absolute atomic E-state index is 13.8. The Labute approximate surface area is 156 Å². The number of carbonyl (C=O) groups is 1. The van der Waals surface area contributed by atoms with E-state index >= 15 is 0 Å². The van der Waals surface area contributed by atoms with E-state index in [4.69, 9.17) is 15.2 Å². The summed E-state index contributed by atoms with van der Waals surface area (Å²) >= 11 is 1.16. The average Bonchev–Trinajstić information content (AvgIpc) is 3.24. The molecule has 1 aliphatic rings. The third kappa shape index (κ3) is 2.53. The number of nitrogen functional groups attached to an aromatic ring is 1. The van der Waals surface area contributed by atoms with Crippen LogP contribution in [0.25, 0.3) is 21.1 Å². The molecule has 0 aliphatic carbocycles. The molecule has 5 rings (SSSR count). The SMILES string of the molecule is Nc1c(C(=O)Nc2ccccc2F)sc2nc3cc4c(cc3cc12)OCO4. The highest BCUT2D eigenvalue weighted by Gasteiger charge is 2.20. The number of carbonyl (C=O) groups excluding carboxylic acids is 1. The maximum atomic E-state index is 13.8. The number of rotatable bonds is 2. The van der Waals surface area contributed by atoms with Crippen LogP contribution in [0.15, 0.2) is 42.5 Å². The fourth-order valence-electron chi connectivity index (χ4n) is 3.00. The van der Waals surface area contributed by atoms with Gasteiger partial charge in [-0.1, -0.05) is 12.1 Å². The Balaban J connectivity index is 1.59. The molecule has 1 aliphatic heterocycles. The van der Waals surface area contributed by atoms with Gasteiger partial charge in [0.1, 0.15) is 15.5 Å². The van der Waals surface area contributed by atoms with Crippen molar-refractivity contribution in [2.45, 2.75) is 0 Å². The van der Waals surface area contributed by atoms with E-state index in [9.17, 15) is 9.18 Å². The third-order valence-corrected chi connectivity index (χ3v) is 5.45. The smallest absolute Gasteiger partial charge is 0.268 e. The van der Waals surface area contributed by atoms with Crippen LogP contribution in [0.1, 0.15) is 9.67 Å². The molecule has 27 heavy (non-hydrogen) atoms. The molecule has 6 nitrogen and oxygen atoms in total. The molecule has 0 radical (unpaired) electrons. The molecule has 0 saturated heterocycles. The highest BCUT2D eigenvalue weighted by molar-refractivity contribution is 7.21. The first kappa shape index (κ1) is 15.8. The quantitative estimate of drug-likeness (QED) is 0.545. The Kier molecular flexibility index (Phi) is 3.41. The number of aromatic nitrogens is 1. The molecule has 8 heteroatoms. The largest absolute Gasteiger partial charge is 0.454 e. The number of benzene rings is 2. The van der Waals surface area contributed by atoms with Gasteiger partial charge < -0.3 is 20.5 Å². The van der Waals surface area contributed by atoms with Crippen molar-refractivity contribution < 1.29 is 18.7 Å². The van der Waals surface area contributed by atoms with Gasteiger partial charge >= 0.3 is 0 Å². The molecular weight excluding hydrogens is 369 g/mol. The number of hydrogen-bond donors (Lipinski definition) is 2. The topological polar surface area (TPSA) is 86.5 Å². The molecular formula is C19H12FN3O3S. The molecule has 0 bridgehead atoms. The minimum atomic E-state index is -0.510. The van der Waals surface area contributed by atoms with Crippen LogP contribution in [0.3, 0.4) is 0 Å². The Morgan fingerprint density at radius 2 is 1.96 bits per heavy atom. The molecule has 0 unspecified atom stereocenters. The van der Waals surface area contributed by atoms with Crippen molar-refractivity contribution in [2.75, 3.05) is 17.8 Å². The molecule has 0 spiro atoms. The number of hydrogen-bond acceptors (Lipinski definition) is 6. The number of amides is 1. The number of ether oxygens (including phenoxy) is 2. The lowest BCUT2D eigenvalue weighted by atomic mass is 10.1. The van der Waals surface area contributed by atoms with Gasteiger partial charge in [-0.15, -0.1) is 11.3 Å². The zero-order chi connectivity index (χ0) is 18.5. The Morgan fingerprint density at radius 1 is 1.19 bits per heavy atom. The lowest BCUT2D eigenvalue weighted by Crippen LogP contribution is -2.12. The molecule has 1 amide bonds. The summed E-state index contributed by atoms with van der Waals surface area (Å²) in [5.41, 5.74) is 7.33. The van der Waals surface area contributed by atoms with E-state index in [0.717, 1.165) is 16.7 Å². The van der Waals surface area contributed by atoms with E-state index in [-0.39, 0.29) is 17.4 Å². The molecule has 4 aromatic rings. The molecule has 2 aromatic heterocycles. The third-order valence-electron chi connectivity index (χ3n) is 4.34. The van der Waals surface area contributed by atoms with E-state index in [1.54, 1.807) is 18.2 Å². The molecule has 134 valence electrons. The van der Waals surface area contributed by atoms with E-state index < -0.39 is 11.7 Å². The van der Waals surface area contributed by atoms with Crippen LogP contribution in [0.2, 0.25) is 0 Å². The second kappa shape index (κ2) is 5.82. The first-order valence-electron chi connectivity index (χ1n) is 8.08. The highest BCUT2D eigenvalue weighted by atomic mass is 32.1. The lowest BCUT2D eigenvalue weighted by molar-refractivity contribution is 0.103. The fourth-order valence-corrected chi connectivity index (χ4v) is 3.98. The number of nitrogens with two attached hydrogens (primary N) is 1. The zero-order valence-electron chi connectivity index (χ0n) is 13.8. The molecule has 0 atom stereocenters. The average molecular weight is 381 g/mol. The van der Waals surface area contributed by atoms with Crippen LogP contribution in [-0.2, 0) is 0 Å². The zero-order valence-corrected chi connectivity index (χ0v) is 14.6. The number of para-hydroxylation sites is 1. The Bertz CT molecular complexity index is 1240. The summed E-state index contributed by atoms with van der Waals surface area (Å²) in [4.78, 5) is 18.1. The molecule has 3 heterocycles. The monoisotopic (exact) mass is 381 g/mol. The number of pyridine rings is 1. The number of halogens is 1. The number of thiophene rings is 1. The number of fused-ring (bicyclic) bond motifs is 3. The van der Waals surface area contributed by atoms with E-state index in [1.807, 2.05) is 12.1 Å². The van der Waals surface area contributed by atoms with Gasteiger partial charge in [-0.25, -0.2) is 9.37 Å². The Hall–Kier alpha value is -3.39. The van der Waals surface area contributed by atoms with Gasteiger partial charge in [0, 0.05) is 16.8 Å². The fraction of sp³-hybridized carbons (Fsp3) is 0.0526. The van der Waals surface area contributed by atoms with Gasteiger partial charge in [0.25, 0.3) is 5.91 Å². The van der Waals surface area contributed by atoms with Gasteiger partial charge in [-0.2, -0.15) is 0 Å². The van der Waals surface area contributed by atoms with Gasteiger partial charge in [-0.05, 0) is 24.3 Å². The second-order valence-electron chi connectivity index (χ2n) is 6.02. The molecule has 0 fully saturated rings. The van der Waals surface area contributed by atoms with Crippen LogP contribution < -0.4 is 20.5 Å². The van der Waals surface area contributed by atoms with Crippen molar-refractivity contribution in [3.8, 4) is 11.5 Å². The maximum Gasteiger partial charge on any atom is 0.268 e. The molecule has 2 aromatic carbocycles. The van der Waals surface area contributed by atoms with Gasteiger partial charge in [0.2, 0.25) is 6.79 Å². The standard InChI is InChI=1S/C19H12FN3O3S/c20-11-3-1-2-4-12(11)22-18(24)17-16(21)10-5-9-6-14-15(26-8-25-14)7-13(9)23-19(10)27-17/h1-7H,8,21H2,(H,22,24). The predicted octanol–water partition coefficient (Wildman–Crippen LogP) is 4.15. The summed E-state index contributed by atoms with van der Waals surface area (Å²) in [6, 6.07) is 11.5. The van der Waals surface area contributed by atoms with Crippen molar-refractivity contribution in [2.24, 2.45) is 0 Å². The van der Waals surface area contributed by atoms with E-state index in [1.165, 1.54) is 12.1 Å². The normalized spacial score (nSPS) is 12.6. The van der Waals surface area contributed by atoms with Crippen molar-refractivity contribution >= 4 is 49.7 Å². The second-order valence-corrected chi connectivity index (χ2v) is 7.02. The van der Waals surface area contributed by atoms with Crippen molar-refractivity contribution in [1.29, 1.82) is 0 Å². The van der Waals surface area contributed by atoms with Crippen molar-refractivity contribution in [3.05, 3.63) is 53.2 Å². The summed E-state index contributed by atoms with van der Waals surface area (Å²) in [7, 11) is 0. The first-order valence-corrected chi connectivity index (χ1v) is 8.90. The predicted molar refractivity (Wildman–Crippen MR) is 102 cm³/mol. The lowest BCUT2D eigenvalue weighted by Gasteiger charge is -2.05. The van der Waals surface area contributed by atoms with Crippen LogP contribution >= 0.6 is 11.3 Å². The summed E-state index contributed by atoms with van der Waals surface area (Å²) in [5, 5.41) is 4.06. The summed E-state index contributed by atoms with van der Waals surface area (Å²) < 4.78 is 24.6. The minimum Gasteiger partial charge on any atom is -0.454 e. The molecule has 3 N–H and O–H groups in total. The van der Waals surface area contributed by atoms with Crippen LogP contribution in [-0.4, -0.2) is 17.7 Å². The number of nitrogens with zero attached hydrogens (tertiary/aromatic N) is 1. The van der Waals surface area contributed by atoms with Gasteiger partial charge in [0.15, 0.2) is 11.5 Å². The molecule has 0 saturated carbocycles. The van der Waals surface area contributed by atoms with E-state index in [2.05, 4.69) is 10.3 Å². The summed E-state index contributed by atoms with van der Waals surface area (Å²) in [6.07, 6.45) is 0. The Morgan fingerprint density at radius 3 is 2.78 bits per heavy atom. The summed E-state index contributed by atoms with van der Waals surface area (Å²) in [5.74, 6) is 0.300. The van der Waals surface area contributed by atoms with Crippen molar-refractivity contribution in [3.63, 3.8) is 0 Å². The van der Waals surface area contributed by atoms with Gasteiger partial charge in [0.05, 0.1) is 16.9 Å². The first-order chi connectivity index (χ1) is 13.1. The highest BCUT2D eigenvalue weighted by Crippen LogP contribution is 2.39. The summed E-state index contributed by atoms with van der Waals surface area (Å²) in [6.45, 7) is 0.183. The van der Waals surface area contributed by atoms with Gasteiger partial charge in [-0.3, -0.25) is 4.79 Å². The van der Waals surface area contributed by atoms with Crippen LogP contribution in [0.4, 0.5) is 15.8 Å². The van der Waals surface area contributed by atoms with E-state index in [0.29, 0.717) is 32.9 Å². The van der Waals surface area contributed by atoms with Crippen LogP contribution in [0, 0.1) is 5.82 Å². The minimum absolute atomic E-state index is 0.100. The van der Waals surface area contributed by atoms with Crippen LogP contribution in [0.5, 0.6) is 11.5 Å². The number of nitrogens with one attached hydrogen (secondary N) is 1. The number of anilines is 2.